The molecule has 0 aliphatic carbocycles. The molecule has 3 rings (SSSR count). The first-order valence-electron chi connectivity index (χ1n) is 5.02. The van der Waals surface area contributed by atoms with Gasteiger partial charge >= 0.3 is 5.97 Å². The van der Waals surface area contributed by atoms with Crippen LogP contribution in [0.3, 0.4) is 0 Å². The molecule has 0 fully saturated rings. The first kappa shape index (κ1) is 10.0. The fourth-order valence-corrected chi connectivity index (χ4v) is 2.74. The van der Waals surface area contributed by atoms with Crippen LogP contribution in [0.2, 0.25) is 0 Å². The van der Waals surface area contributed by atoms with E-state index in [0.29, 0.717) is 15.5 Å². The molecule has 0 amide bonds. The maximum atomic E-state index is 11.2. The molecule has 0 saturated heterocycles. The van der Waals surface area contributed by atoms with Gasteiger partial charge in [-0.15, -0.1) is 0 Å². The van der Waals surface area contributed by atoms with Crippen molar-refractivity contribution in [3.8, 4) is 11.3 Å². The molecular weight excluding hydrogens is 236 g/mol. The van der Waals surface area contributed by atoms with Gasteiger partial charge < -0.3 is 5.11 Å². The highest BCUT2D eigenvalue weighted by atomic mass is 32.1. The number of benzene rings is 1. The van der Waals surface area contributed by atoms with Crippen molar-refractivity contribution in [2.45, 2.75) is 0 Å². The molecule has 5 heteroatoms. The monoisotopic (exact) mass is 244 g/mol. The molecule has 0 bridgehead atoms. The molecule has 4 nitrogen and oxygen atoms in total. The first-order chi connectivity index (χ1) is 8.27. The van der Waals surface area contributed by atoms with E-state index in [0.717, 1.165) is 5.56 Å². The Morgan fingerprint density at radius 1 is 1.29 bits per heavy atom. The van der Waals surface area contributed by atoms with Gasteiger partial charge in [-0.3, -0.25) is 4.40 Å². The van der Waals surface area contributed by atoms with Crippen LogP contribution in [-0.4, -0.2) is 20.5 Å². The summed E-state index contributed by atoms with van der Waals surface area (Å²) in [5.41, 5.74) is 1.57. The standard InChI is InChI=1S/C12H8N2O2S/c15-11(16)10-9(8-4-2-1-3-5-8)14-7-6-13-12(14)17-10/h1-7H,(H,15,16). The van der Waals surface area contributed by atoms with Crippen LogP contribution < -0.4 is 0 Å². The van der Waals surface area contributed by atoms with Crippen LogP contribution in [-0.2, 0) is 0 Å². The van der Waals surface area contributed by atoms with E-state index >= 15 is 0 Å². The fourth-order valence-electron chi connectivity index (χ4n) is 1.80. The largest absolute Gasteiger partial charge is 0.477 e. The van der Waals surface area contributed by atoms with Crippen LogP contribution in [0.4, 0.5) is 0 Å². The second-order valence-electron chi connectivity index (χ2n) is 3.53. The Morgan fingerprint density at radius 3 is 2.76 bits per heavy atom. The lowest BCUT2D eigenvalue weighted by molar-refractivity contribution is 0.0702. The average molecular weight is 244 g/mol. The number of hydrogen-bond acceptors (Lipinski definition) is 3. The van der Waals surface area contributed by atoms with Gasteiger partial charge in [0.25, 0.3) is 0 Å². The zero-order valence-corrected chi connectivity index (χ0v) is 9.52. The van der Waals surface area contributed by atoms with Gasteiger partial charge in [0.2, 0.25) is 0 Å². The molecule has 1 N–H and O–H groups in total. The van der Waals surface area contributed by atoms with E-state index in [2.05, 4.69) is 4.98 Å². The average Bonchev–Trinajstić information content (AvgIpc) is 2.89. The van der Waals surface area contributed by atoms with Crippen molar-refractivity contribution in [1.82, 2.24) is 9.38 Å². The van der Waals surface area contributed by atoms with Crippen molar-refractivity contribution in [1.29, 1.82) is 0 Å². The smallest absolute Gasteiger partial charge is 0.348 e. The number of thiazole rings is 1. The van der Waals surface area contributed by atoms with Crippen molar-refractivity contribution in [2.75, 3.05) is 0 Å². The van der Waals surface area contributed by atoms with Crippen molar-refractivity contribution >= 4 is 22.3 Å². The van der Waals surface area contributed by atoms with E-state index < -0.39 is 5.97 Å². The first-order valence-corrected chi connectivity index (χ1v) is 5.83. The zero-order valence-electron chi connectivity index (χ0n) is 8.70. The number of rotatable bonds is 2. The van der Waals surface area contributed by atoms with Gasteiger partial charge in [0.1, 0.15) is 4.88 Å². The van der Waals surface area contributed by atoms with Gasteiger partial charge in [-0.2, -0.15) is 0 Å². The highest BCUT2D eigenvalue weighted by Crippen LogP contribution is 2.31. The quantitative estimate of drug-likeness (QED) is 0.754. The summed E-state index contributed by atoms with van der Waals surface area (Å²) >= 11 is 1.19. The molecule has 0 aliphatic rings. The lowest BCUT2D eigenvalue weighted by Crippen LogP contribution is -1.97. The molecule has 0 spiro atoms. The predicted octanol–water partition coefficient (Wildman–Crippen LogP) is 2.76. The van der Waals surface area contributed by atoms with Crippen LogP contribution >= 0.6 is 11.3 Å². The van der Waals surface area contributed by atoms with Crippen LogP contribution in [0.25, 0.3) is 16.2 Å². The summed E-state index contributed by atoms with van der Waals surface area (Å²) in [7, 11) is 0. The van der Waals surface area contributed by atoms with Crippen molar-refractivity contribution in [3.05, 3.63) is 47.6 Å². The molecule has 0 unspecified atom stereocenters. The molecule has 84 valence electrons. The topological polar surface area (TPSA) is 54.6 Å². The van der Waals surface area contributed by atoms with Crippen LogP contribution in [0.15, 0.2) is 42.7 Å². The fraction of sp³-hybridized carbons (Fsp3) is 0. The number of carbonyl (C=O) groups is 1. The molecule has 17 heavy (non-hydrogen) atoms. The molecule has 2 heterocycles. The maximum Gasteiger partial charge on any atom is 0.348 e. The third kappa shape index (κ3) is 1.52. The minimum atomic E-state index is -0.917. The normalized spacial score (nSPS) is 10.8. The number of carboxylic acids is 1. The highest BCUT2D eigenvalue weighted by Gasteiger charge is 2.19. The molecule has 0 radical (unpaired) electrons. The molecule has 0 aliphatic heterocycles. The van der Waals surface area contributed by atoms with Gasteiger partial charge in [0.15, 0.2) is 4.96 Å². The lowest BCUT2D eigenvalue weighted by atomic mass is 10.1. The van der Waals surface area contributed by atoms with Gasteiger partial charge in [0.05, 0.1) is 5.69 Å². The van der Waals surface area contributed by atoms with E-state index in [-0.39, 0.29) is 0 Å². The summed E-state index contributed by atoms with van der Waals surface area (Å²) in [6.07, 6.45) is 3.45. The Bertz CT molecular complexity index is 685. The number of carboxylic acid groups (broad SMARTS) is 1. The molecule has 2 aromatic heterocycles. The summed E-state index contributed by atoms with van der Waals surface area (Å²) in [5, 5.41) is 9.22. The number of aromatic nitrogens is 2. The number of fused-ring (bicyclic) bond motifs is 1. The van der Waals surface area contributed by atoms with E-state index in [1.807, 2.05) is 34.7 Å². The Labute approximate surface area is 101 Å². The van der Waals surface area contributed by atoms with Gasteiger partial charge in [0, 0.05) is 18.0 Å². The van der Waals surface area contributed by atoms with Crippen molar-refractivity contribution in [3.63, 3.8) is 0 Å². The van der Waals surface area contributed by atoms with Crippen molar-refractivity contribution < 1.29 is 9.90 Å². The molecule has 0 saturated carbocycles. The second-order valence-corrected chi connectivity index (χ2v) is 4.51. The van der Waals surface area contributed by atoms with Crippen LogP contribution in [0.1, 0.15) is 9.67 Å². The Balaban J connectivity index is 2.36. The highest BCUT2D eigenvalue weighted by molar-refractivity contribution is 7.19. The molecule has 0 atom stereocenters. The van der Waals surface area contributed by atoms with E-state index in [1.165, 1.54) is 11.3 Å². The number of aromatic carboxylic acids is 1. The van der Waals surface area contributed by atoms with Crippen LogP contribution in [0, 0.1) is 0 Å². The summed E-state index contributed by atoms with van der Waals surface area (Å²) in [4.78, 5) is 16.4. The minimum Gasteiger partial charge on any atom is -0.477 e. The number of hydrogen-bond donors (Lipinski definition) is 1. The second kappa shape index (κ2) is 3.71. The Morgan fingerprint density at radius 2 is 2.06 bits per heavy atom. The zero-order chi connectivity index (χ0) is 11.8. The van der Waals surface area contributed by atoms with E-state index in [9.17, 15) is 9.90 Å². The number of imidazole rings is 1. The van der Waals surface area contributed by atoms with E-state index in [1.54, 1.807) is 12.4 Å². The lowest BCUT2D eigenvalue weighted by Gasteiger charge is -2.01. The summed E-state index contributed by atoms with van der Waals surface area (Å²) < 4.78 is 1.81. The molecular formula is C12H8N2O2S. The summed E-state index contributed by atoms with van der Waals surface area (Å²) in [6, 6.07) is 9.48. The summed E-state index contributed by atoms with van der Waals surface area (Å²) in [6.45, 7) is 0. The van der Waals surface area contributed by atoms with Crippen LogP contribution in [0.5, 0.6) is 0 Å². The Kier molecular flexibility index (Phi) is 2.19. The maximum absolute atomic E-state index is 11.2. The van der Waals surface area contributed by atoms with Gasteiger partial charge in [-0.05, 0) is 0 Å². The third-order valence-electron chi connectivity index (χ3n) is 2.50. The predicted molar refractivity (Wildman–Crippen MR) is 65.5 cm³/mol. The van der Waals surface area contributed by atoms with Gasteiger partial charge in [-0.25, -0.2) is 9.78 Å². The van der Waals surface area contributed by atoms with Crippen molar-refractivity contribution in [2.24, 2.45) is 0 Å². The molecule has 3 aromatic rings. The summed E-state index contributed by atoms with van der Waals surface area (Å²) in [5.74, 6) is -0.917. The SMILES string of the molecule is O=C(O)c1sc2nccn2c1-c1ccccc1. The van der Waals surface area contributed by atoms with E-state index in [4.69, 9.17) is 0 Å². The Hall–Kier alpha value is -2.14. The number of nitrogens with zero attached hydrogens (tertiary/aromatic N) is 2. The third-order valence-corrected chi connectivity index (χ3v) is 3.55. The molecule has 1 aromatic carbocycles. The minimum absolute atomic E-state index is 0.319. The van der Waals surface area contributed by atoms with Gasteiger partial charge in [-0.1, -0.05) is 41.7 Å².